The van der Waals surface area contributed by atoms with Gasteiger partial charge in [0.05, 0.1) is 11.1 Å². The van der Waals surface area contributed by atoms with Crippen LogP contribution in [0.3, 0.4) is 0 Å². The van der Waals surface area contributed by atoms with Crippen molar-refractivity contribution in [3.05, 3.63) is 199 Å². The normalized spacial score (nSPS) is 13.1. The number of para-hydroxylation sites is 1. The van der Waals surface area contributed by atoms with Gasteiger partial charge < -0.3 is 13.7 Å². The van der Waals surface area contributed by atoms with E-state index in [1.807, 2.05) is 12.1 Å². The molecule has 2 heterocycles. The minimum atomic E-state index is -0.103. The minimum absolute atomic E-state index is 0.103. The maximum Gasteiger partial charge on any atom is 0.143 e. The SMILES string of the molecule is CC1(C)c2ccccc2-c2cccc(-c3ccc(N(c4ccc(-c5cccc6oc7c8ccccc8ccc7c56)cc4)c4cccc5oc6ccccc6c45)cc3)c21. The van der Waals surface area contributed by atoms with Crippen LogP contribution in [-0.4, -0.2) is 0 Å². The molecular formula is C55H37NO2. The Hall–Kier alpha value is -7.36. The molecule has 0 spiro atoms. The van der Waals surface area contributed by atoms with Crippen molar-refractivity contribution >= 4 is 71.7 Å². The van der Waals surface area contributed by atoms with Crippen LogP contribution >= 0.6 is 0 Å². The summed E-state index contributed by atoms with van der Waals surface area (Å²) in [4.78, 5) is 2.37. The van der Waals surface area contributed by atoms with Gasteiger partial charge in [-0.1, -0.05) is 147 Å². The highest BCUT2D eigenvalue weighted by Gasteiger charge is 2.37. The molecule has 11 aromatic rings. The maximum absolute atomic E-state index is 6.55. The zero-order valence-electron chi connectivity index (χ0n) is 32.2. The third-order valence-corrected chi connectivity index (χ3v) is 12.5. The predicted molar refractivity (Wildman–Crippen MR) is 242 cm³/mol. The van der Waals surface area contributed by atoms with Crippen molar-refractivity contribution in [2.75, 3.05) is 4.90 Å². The van der Waals surface area contributed by atoms with Crippen LogP contribution in [0.5, 0.6) is 0 Å². The summed E-state index contributed by atoms with van der Waals surface area (Å²) in [5.74, 6) is 0. The molecule has 2 aromatic heterocycles. The van der Waals surface area contributed by atoms with Crippen molar-refractivity contribution in [2.45, 2.75) is 19.3 Å². The van der Waals surface area contributed by atoms with Gasteiger partial charge in [-0.05, 0) is 104 Å². The molecule has 58 heavy (non-hydrogen) atoms. The molecular weight excluding hydrogens is 707 g/mol. The molecule has 0 atom stereocenters. The van der Waals surface area contributed by atoms with Crippen molar-refractivity contribution in [3.63, 3.8) is 0 Å². The molecule has 3 nitrogen and oxygen atoms in total. The zero-order chi connectivity index (χ0) is 38.5. The molecule has 3 heteroatoms. The molecule has 274 valence electrons. The molecule has 1 aliphatic carbocycles. The van der Waals surface area contributed by atoms with Gasteiger partial charge in [0.1, 0.15) is 22.3 Å². The largest absolute Gasteiger partial charge is 0.456 e. The van der Waals surface area contributed by atoms with Gasteiger partial charge in [-0.3, -0.25) is 0 Å². The Kier molecular flexibility index (Phi) is 6.98. The number of fused-ring (bicyclic) bond motifs is 11. The van der Waals surface area contributed by atoms with Gasteiger partial charge in [-0.2, -0.15) is 0 Å². The topological polar surface area (TPSA) is 29.5 Å². The van der Waals surface area contributed by atoms with Crippen LogP contribution in [0.2, 0.25) is 0 Å². The summed E-state index contributed by atoms with van der Waals surface area (Å²) in [6.45, 7) is 4.71. The van der Waals surface area contributed by atoms with Gasteiger partial charge in [0.15, 0.2) is 0 Å². The number of rotatable bonds is 5. The Morgan fingerprint density at radius 3 is 1.79 bits per heavy atom. The van der Waals surface area contributed by atoms with Crippen molar-refractivity contribution in [1.29, 1.82) is 0 Å². The van der Waals surface area contributed by atoms with Gasteiger partial charge in [0.2, 0.25) is 0 Å². The second-order valence-corrected chi connectivity index (χ2v) is 16.0. The molecule has 0 fully saturated rings. The van der Waals surface area contributed by atoms with E-state index in [0.717, 1.165) is 77.5 Å². The first-order valence-electron chi connectivity index (χ1n) is 20.0. The third-order valence-electron chi connectivity index (χ3n) is 12.5. The van der Waals surface area contributed by atoms with E-state index in [0.29, 0.717) is 0 Å². The number of nitrogens with zero attached hydrogens (tertiary/aromatic N) is 1. The monoisotopic (exact) mass is 743 g/mol. The van der Waals surface area contributed by atoms with Crippen LogP contribution < -0.4 is 4.90 Å². The van der Waals surface area contributed by atoms with Crippen LogP contribution in [-0.2, 0) is 5.41 Å². The molecule has 0 aliphatic heterocycles. The van der Waals surface area contributed by atoms with Crippen LogP contribution in [0.25, 0.3) is 88.0 Å². The first-order valence-corrected chi connectivity index (χ1v) is 20.0. The molecule has 0 amide bonds. The van der Waals surface area contributed by atoms with E-state index in [9.17, 15) is 0 Å². The van der Waals surface area contributed by atoms with E-state index in [4.69, 9.17) is 8.83 Å². The summed E-state index contributed by atoms with van der Waals surface area (Å²) in [6, 6.07) is 67.6. The Balaban J connectivity index is 1.00. The standard InChI is InChI=1S/C55H37NO2/c1-55(2)46-19-7-5-14-42(46)43-18-9-17-40(53(43)55)36-26-31-38(32-27-36)56(47-20-11-23-50-52(47)44-15-6-8-21-48(44)57-50)37-29-24-35(25-30-37)39-16-10-22-49-51(39)45-33-28-34-12-3-4-13-41(34)54(45)58-49/h3-33H,1-2H3. The molecule has 0 radical (unpaired) electrons. The molecule has 0 saturated heterocycles. The zero-order valence-corrected chi connectivity index (χ0v) is 32.2. The summed E-state index contributed by atoms with van der Waals surface area (Å²) in [6.07, 6.45) is 0. The van der Waals surface area contributed by atoms with E-state index >= 15 is 0 Å². The summed E-state index contributed by atoms with van der Waals surface area (Å²) < 4.78 is 13.0. The summed E-state index contributed by atoms with van der Waals surface area (Å²) in [7, 11) is 0. The Labute approximate surface area is 336 Å². The molecule has 0 unspecified atom stereocenters. The average molecular weight is 744 g/mol. The lowest BCUT2D eigenvalue weighted by molar-refractivity contribution is 0.662. The molecule has 0 N–H and O–H groups in total. The number of benzene rings is 9. The van der Waals surface area contributed by atoms with E-state index in [1.54, 1.807) is 0 Å². The second kappa shape index (κ2) is 12.3. The third kappa shape index (κ3) is 4.74. The van der Waals surface area contributed by atoms with Gasteiger partial charge in [0.25, 0.3) is 0 Å². The Bertz CT molecular complexity index is 3420. The van der Waals surface area contributed by atoms with Crippen LogP contribution in [0, 0.1) is 0 Å². The summed E-state index contributed by atoms with van der Waals surface area (Å²) >= 11 is 0. The van der Waals surface area contributed by atoms with E-state index in [2.05, 4.69) is 195 Å². The van der Waals surface area contributed by atoms with Crippen molar-refractivity contribution < 1.29 is 8.83 Å². The molecule has 1 aliphatic rings. The van der Waals surface area contributed by atoms with Crippen LogP contribution in [0.1, 0.15) is 25.0 Å². The maximum atomic E-state index is 6.55. The quantitative estimate of drug-likeness (QED) is 0.176. The highest BCUT2D eigenvalue weighted by Crippen LogP contribution is 2.52. The van der Waals surface area contributed by atoms with E-state index in [1.165, 1.54) is 38.8 Å². The van der Waals surface area contributed by atoms with Crippen LogP contribution in [0.15, 0.2) is 197 Å². The Morgan fingerprint density at radius 1 is 0.397 bits per heavy atom. The fourth-order valence-electron chi connectivity index (χ4n) is 9.83. The first kappa shape index (κ1) is 32.8. The lowest BCUT2D eigenvalue weighted by Gasteiger charge is -2.27. The Morgan fingerprint density at radius 2 is 0.983 bits per heavy atom. The van der Waals surface area contributed by atoms with E-state index in [-0.39, 0.29) is 5.41 Å². The number of hydrogen-bond donors (Lipinski definition) is 0. The van der Waals surface area contributed by atoms with Gasteiger partial charge in [0, 0.05) is 38.3 Å². The van der Waals surface area contributed by atoms with Crippen LogP contribution in [0.4, 0.5) is 17.1 Å². The minimum Gasteiger partial charge on any atom is -0.456 e. The van der Waals surface area contributed by atoms with Crippen molar-refractivity contribution in [1.82, 2.24) is 0 Å². The van der Waals surface area contributed by atoms with Gasteiger partial charge >= 0.3 is 0 Å². The number of anilines is 3. The lowest BCUT2D eigenvalue weighted by atomic mass is 9.79. The second-order valence-electron chi connectivity index (χ2n) is 16.0. The lowest BCUT2D eigenvalue weighted by Crippen LogP contribution is -2.16. The molecule has 0 saturated carbocycles. The van der Waals surface area contributed by atoms with Gasteiger partial charge in [-0.15, -0.1) is 0 Å². The van der Waals surface area contributed by atoms with Crippen molar-refractivity contribution in [2.24, 2.45) is 0 Å². The van der Waals surface area contributed by atoms with Crippen molar-refractivity contribution in [3.8, 4) is 33.4 Å². The summed E-state index contributed by atoms with van der Waals surface area (Å²) in [5.41, 5.74) is 16.9. The van der Waals surface area contributed by atoms with E-state index < -0.39 is 0 Å². The predicted octanol–water partition coefficient (Wildman–Crippen LogP) is 15.7. The number of hydrogen-bond acceptors (Lipinski definition) is 3. The summed E-state index contributed by atoms with van der Waals surface area (Å²) in [5, 5.41) is 6.76. The first-order chi connectivity index (χ1) is 28.5. The van der Waals surface area contributed by atoms with Gasteiger partial charge in [-0.25, -0.2) is 0 Å². The molecule has 9 aromatic carbocycles. The fourth-order valence-corrected chi connectivity index (χ4v) is 9.83. The molecule has 12 rings (SSSR count). The smallest absolute Gasteiger partial charge is 0.143 e. The average Bonchev–Trinajstić information content (AvgIpc) is 3.93. The molecule has 0 bridgehead atoms. The number of furan rings is 2. The highest BCUT2D eigenvalue weighted by molar-refractivity contribution is 6.19. The highest BCUT2D eigenvalue weighted by atomic mass is 16.3. The fraction of sp³-hybridized carbons (Fsp3) is 0.0545.